The van der Waals surface area contributed by atoms with Crippen LogP contribution in [0.4, 0.5) is 0 Å². The lowest BCUT2D eigenvalue weighted by Crippen LogP contribution is -2.11. The van der Waals surface area contributed by atoms with Gasteiger partial charge in [-0.05, 0) is 19.8 Å². The van der Waals surface area contributed by atoms with E-state index in [-0.39, 0.29) is 0 Å². The van der Waals surface area contributed by atoms with Gasteiger partial charge in [-0.25, -0.2) is 4.98 Å². The molecule has 1 fully saturated rings. The van der Waals surface area contributed by atoms with E-state index >= 15 is 0 Å². The summed E-state index contributed by atoms with van der Waals surface area (Å²) in [7, 11) is 0. The summed E-state index contributed by atoms with van der Waals surface area (Å²) >= 11 is 0. The van der Waals surface area contributed by atoms with Gasteiger partial charge in [-0.2, -0.15) is 0 Å². The van der Waals surface area contributed by atoms with Gasteiger partial charge < -0.3 is 10.3 Å². The van der Waals surface area contributed by atoms with Crippen molar-refractivity contribution < 1.29 is 0 Å². The first-order chi connectivity index (χ1) is 6.81. The van der Waals surface area contributed by atoms with Gasteiger partial charge in [-0.15, -0.1) is 0 Å². The van der Waals surface area contributed by atoms with Crippen molar-refractivity contribution in [1.82, 2.24) is 9.55 Å². The molecule has 2 N–H and O–H groups in total. The second-order valence-electron chi connectivity index (χ2n) is 3.50. The molecule has 1 saturated carbocycles. The molecule has 1 aliphatic rings. The van der Waals surface area contributed by atoms with E-state index in [9.17, 15) is 0 Å². The Morgan fingerprint density at radius 2 is 2.14 bits per heavy atom. The van der Waals surface area contributed by atoms with Crippen LogP contribution in [0.25, 0.3) is 0 Å². The Hall–Kier alpha value is -0.830. The molecule has 0 amide bonds. The first-order valence-electron chi connectivity index (χ1n) is 5.55. The van der Waals surface area contributed by atoms with Gasteiger partial charge in [-0.3, -0.25) is 0 Å². The standard InChI is InChI=1S/C9H15N3.C2H6/c1-7-6-12(5-4-10)9(11-7)8-2-3-8;1-2/h6,8H,2-5,10H2,1H3;1-2H3. The van der Waals surface area contributed by atoms with E-state index in [4.69, 9.17) is 5.73 Å². The smallest absolute Gasteiger partial charge is 0.112 e. The fraction of sp³-hybridized carbons (Fsp3) is 0.727. The minimum atomic E-state index is 0.704. The van der Waals surface area contributed by atoms with Gasteiger partial charge in [0.05, 0.1) is 5.69 Å². The molecule has 3 heteroatoms. The molecule has 0 aliphatic heterocycles. The number of aryl methyl sites for hydroxylation is 1. The van der Waals surface area contributed by atoms with Gasteiger partial charge in [0.1, 0.15) is 5.82 Å². The molecule has 14 heavy (non-hydrogen) atoms. The van der Waals surface area contributed by atoms with Crippen LogP contribution in [-0.4, -0.2) is 16.1 Å². The topological polar surface area (TPSA) is 43.8 Å². The molecule has 0 saturated heterocycles. The van der Waals surface area contributed by atoms with Gasteiger partial charge in [0.15, 0.2) is 0 Å². The van der Waals surface area contributed by atoms with Crippen LogP contribution in [-0.2, 0) is 6.54 Å². The maximum absolute atomic E-state index is 5.51. The third kappa shape index (κ3) is 2.58. The third-order valence-electron chi connectivity index (χ3n) is 2.24. The summed E-state index contributed by atoms with van der Waals surface area (Å²) < 4.78 is 2.20. The Morgan fingerprint density at radius 1 is 1.50 bits per heavy atom. The highest BCUT2D eigenvalue weighted by atomic mass is 15.1. The van der Waals surface area contributed by atoms with E-state index in [1.54, 1.807) is 0 Å². The Bertz CT molecular complexity index is 274. The molecular weight excluding hydrogens is 174 g/mol. The molecule has 1 aromatic rings. The van der Waals surface area contributed by atoms with Crippen molar-refractivity contribution in [3.63, 3.8) is 0 Å². The highest BCUT2D eigenvalue weighted by Crippen LogP contribution is 2.39. The zero-order valence-electron chi connectivity index (χ0n) is 9.45. The largest absolute Gasteiger partial charge is 0.333 e. The average molecular weight is 195 g/mol. The number of nitrogens with two attached hydrogens (primary N) is 1. The van der Waals surface area contributed by atoms with Crippen LogP contribution >= 0.6 is 0 Å². The average Bonchev–Trinajstić information content (AvgIpc) is 2.96. The fourth-order valence-corrected chi connectivity index (χ4v) is 1.55. The first kappa shape index (κ1) is 11.2. The Balaban J connectivity index is 0.000000461. The van der Waals surface area contributed by atoms with Gasteiger partial charge in [0.25, 0.3) is 0 Å². The predicted octanol–water partition coefficient (Wildman–Crippen LogP) is 2.05. The highest BCUT2D eigenvalue weighted by molar-refractivity contribution is 5.11. The zero-order chi connectivity index (χ0) is 10.6. The monoisotopic (exact) mass is 195 g/mol. The molecule has 1 heterocycles. The summed E-state index contributed by atoms with van der Waals surface area (Å²) in [6.07, 6.45) is 4.71. The lowest BCUT2D eigenvalue weighted by Gasteiger charge is -2.03. The van der Waals surface area contributed by atoms with Crippen LogP contribution in [0.15, 0.2) is 6.20 Å². The number of nitrogens with zero attached hydrogens (tertiary/aromatic N) is 2. The highest BCUT2D eigenvalue weighted by Gasteiger charge is 2.28. The summed E-state index contributed by atoms with van der Waals surface area (Å²) in [5, 5.41) is 0. The van der Waals surface area contributed by atoms with Gasteiger partial charge in [-0.1, -0.05) is 13.8 Å². The quantitative estimate of drug-likeness (QED) is 0.802. The van der Waals surface area contributed by atoms with Crippen molar-refractivity contribution in [3.05, 3.63) is 17.7 Å². The molecule has 3 nitrogen and oxygen atoms in total. The van der Waals surface area contributed by atoms with Crippen molar-refractivity contribution in [2.24, 2.45) is 5.73 Å². The SMILES string of the molecule is CC.Cc1cn(CCN)c(C2CC2)n1. The van der Waals surface area contributed by atoms with Gasteiger partial charge >= 0.3 is 0 Å². The molecule has 2 rings (SSSR count). The van der Waals surface area contributed by atoms with Crippen LogP contribution in [0, 0.1) is 6.92 Å². The first-order valence-corrected chi connectivity index (χ1v) is 5.55. The van der Waals surface area contributed by atoms with Crippen LogP contribution in [0.2, 0.25) is 0 Å². The second kappa shape index (κ2) is 5.15. The van der Waals surface area contributed by atoms with Crippen LogP contribution in [0.5, 0.6) is 0 Å². The van der Waals surface area contributed by atoms with Crippen molar-refractivity contribution in [1.29, 1.82) is 0 Å². The Morgan fingerprint density at radius 3 is 2.64 bits per heavy atom. The number of hydrogen-bond acceptors (Lipinski definition) is 2. The van der Waals surface area contributed by atoms with Crippen molar-refractivity contribution >= 4 is 0 Å². The normalized spacial score (nSPS) is 14.9. The second-order valence-corrected chi connectivity index (χ2v) is 3.50. The maximum Gasteiger partial charge on any atom is 0.112 e. The summed E-state index contributed by atoms with van der Waals surface area (Å²) in [4.78, 5) is 4.50. The molecule has 0 spiro atoms. The van der Waals surface area contributed by atoms with Crippen molar-refractivity contribution in [3.8, 4) is 0 Å². The molecule has 0 aromatic carbocycles. The zero-order valence-corrected chi connectivity index (χ0v) is 9.45. The van der Waals surface area contributed by atoms with Gasteiger partial charge in [0, 0.05) is 25.2 Å². The molecule has 0 radical (unpaired) electrons. The number of imidazole rings is 1. The molecule has 1 aromatic heterocycles. The van der Waals surface area contributed by atoms with E-state index in [0.29, 0.717) is 6.54 Å². The van der Waals surface area contributed by atoms with E-state index in [1.807, 2.05) is 20.8 Å². The molecule has 0 atom stereocenters. The fourth-order valence-electron chi connectivity index (χ4n) is 1.55. The Kier molecular flexibility index (Phi) is 4.14. The molecular formula is C11H21N3. The van der Waals surface area contributed by atoms with Gasteiger partial charge in [0.2, 0.25) is 0 Å². The number of hydrogen-bond donors (Lipinski definition) is 1. The number of rotatable bonds is 3. The summed E-state index contributed by atoms with van der Waals surface area (Å²) in [5.74, 6) is 1.98. The minimum absolute atomic E-state index is 0.704. The lowest BCUT2D eigenvalue weighted by atomic mass is 10.4. The summed E-state index contributed by atoms with van der Waals surface area (Å²) in [6.45, 7) is 7.65. The molecule has 1 aliphatic carbocycles. The summed E-state index contributed by atoms with van der Waals surface area (Å²) in [5.41, 5.74) is 6.63. The van der Waals surface area contributed by atoms with Crippen molar-refractivity contribution in [2.45, 2.75) is 46.1 Å². The third-order valence-corrected chi connectivity index (χ3v) is 2.24. The number of aromatic nitrogens is 2. The van der Waals surface area contributed by atoms with E-state index < -0.39 is 0 Å². The van der Waals surface area contributed by atoms with E-state index in [1.165, 1.54) is 18.7 Å². The van der Waals surface area contributed by atoms with E-state index in [2.05, 4.69) is 15.7 Å². The van der Waals surface area contributed by atoms with Crippen LogP contribution in [0.3, 0.4) is 0 Å². The minimum Gasteiger partial charge on any atom is -0.333 e. The summed E-state index contributed by atoms with van der Waals surface area (Å²) in [6, 6.07) is 0. The maximum atomic E-state index is 5.51. The van der Waals surface area contributed by atoms with E-state index in [0.717, 1.165) is 18.2 Å². The van der Waals surface area contributed by atoms with Crippen LogP contribution < -0.4 is 5.73 Å². The van der Waals surface area contributed by atoms with Crippen LogP contribution in [0.1, 0.15) is 44.1 Å². The molecule has 80 valence electrons. The van der Waals surface area contributed by atoms with Crippen molar-refractivity contribution in [2.75, 3.05) is 6.54 Å². The molecule has 0 bridgehead atoms. The lowest BCUT2D eigenvalue weighted by molar-refractivity contribution is 0.662. The Labute approximate surface area is 86.3 Å². The molecule has 0 unspecified atom stereocenters. The predicted molar refractivity (Wildman–Crippen MR) is 59.3 cm³/mol.